The van der Waals surface area contributed by atoms with E-state index in [2.05, 4.69) is 21.6 Å². The zero-order valence-corrected chi connectivity index (χ0v) is 12.4. The molecule has 0 aliphatic carbocycles. The van der Waals surface area contributed by atoms with Gasteiger partial charge in [-0.05, 0) is 25.1 Å². The number of aryl methyl sites for hydroxylation is 1. The van der Waals surface area contributed by atoms with Crippen molar-refractivity contribution in [1.29, 1.82) is 5.26 Å². The van der Waals surface area contributed by atoms with Crippen LogP contribution in [0.4, 0.5) is 5.82 Å². The number of ether oxygens (including phenoxy) is 1. The van der Waals surface area contributed by atoms with Crippen LogP contribution in [0, 0.1) is 18.3 Å². The Kier molecular flexibility index (Phi) is 5.07. The standard InChI is InChI=1S/C16H16N4O2/c1-11-7-13(10-22-2)14(8-17)16(19-11)20-18-9-12-5-3-4-6-15(12)21/h3-7,9,21H,10H2,1-2H3,(H,19,20)/b18-9+. The van der Waals surface area contributed by atoms with E-state index in [0.717, 1.165) is 11.3 Å². The Labute approximate surface area is 128 Å². The Balaban J connectivity index is 2.26. The van der Waals surface area contributed by atoms with Crippen molar-refractivity contribution in [2.24, 2.45) is 5.10 Å². The molecule has 0 amide bonds. The van der Waals surface area contributed by atoms with E-state index < -0.39 is 0 Å². The van der Waals surface area contributed by atoms with Gasteiger partial charge in [0.15, 0.2) is 5.82 Å². The number of rotatable bonds is 5. The van der Waals surface area contributed by atoms with Crippen LogP contribution in [0.25, 0.3) is 0 Å². The predicted octanol–water partition coefficient (Wildman–Crippen LogP) is 2.56. The number of benzene rings is 1. The van der Waals surface area contributed by atoms with Crippen LogP contribution < -0.4 is 5.43 Å². The fourth-order valence-corrected chi connectivity index (χ4v) is 1.98. The summed E-state index contributed by atoms with van der Waals surface area (Å²) in [5.41, 5.74) is 5.21. The summed E-state index contributed by atoms with van der Waals surface area (Å²) in [5, 5.41) is 23.0. The van der Waals surface area contributed by atoms with E-state index in [1.165, 1.54) is 6.21 Å². The Morgan fingerprint density at radius 3 is 2.91 bits per heavy atom. The average Bonchev–Trinajstić information content (AvgIpc) is 2.49. The third kappa shape index (κ3) is 3.59. The fourth-order valence-electron chi connectivity index (χ4n) is 1.98. The van der Waals surface area contributed by atoms with E-state index in [1.807, 2.05) is 6.92 Å². The van der Waals surface area contributed by atoms with Crippen LogP contribution in [0.5, 0.6) is 5.75 Å². The van der Waals surface area contributed by atoms with E-state index in [4.69, 9.17) is 4.74 Å². The number of para-hydroxylation sites is 1. The van der Waals surface area contributed by atoms with E-state index in [9.17, 15) is 10.4 Å². The molecule has 0 spiro atoms. The molecule has 0 unspecified atom stereocenters. The first-order chi connectivity index (χ1) is 10.7. The highest BCUT2D eigenvalue weighted by Gasteiger charge is 2.10. The lowest BCUT2D eigenvalue weighted by atomic mass is 10.1. The number of hydrogen-bond acceptors (Lipinski definition) is 6. The van der Waals surface area contributed by atoms with Crippen molar-refractivity contribution in [3.8, 4) is 11.8 Å². The summed E-state index contributed by atoms with van der Waals surface area (Å²) in [6, 6.07) is 10.7. The van der Waals surface area contributed by atoms with Gasteiger partial charge in [-0.1, -0.05) is 12.1 Å². The lowest BCUT2D eigenvalue weighted by molar-refractivity contribution is 0.184. The second-order valence-electron chi connectivity index (χ2n) is 4.62. The maximum Gasteiger partial charge on any atom is 0.164 e. The van der Waals surface area contributed by atoms with Gasteiger partial charge in [0.1, 0.15) is 17.4 Å². The summed E-state index contributed by atoms with van der Waals surface area (Å²) in [6.45, 7) is 2.16. The molecular weight excluding hydrogens is 280 g/mol. The lowest BCUT2D eigenvalue weighted by Gasteiger charge is -2.09. The van der Waals surface area contributed by atoms with Gasteiger partial charge < -0.3 is 9.84 Å². The van der Waals surface area contributed by atoms with E-state index in [0.29, 0.717) is 23.6 Å². The van der Waals surface area contributed by atoms with Gasteiger partial charge in [-0.2, -0.15) is 10.4 Å². The SMILES string of the molecule is COCc1cc(C)nc(N/N=C/c2ccccc2O)c1C#N. The lowest BCUT2D eigenvalue weighted by Crippen LogP contribution is -2.03. The highest BCUT2D eigenvalue weighted by atomic mass is 16.5. The highest BCUT2D eigenvalue weighted by Crippen LogP contribution is 2.19. The normalized spacial score (nSPS) is 10.6. The molecule has 22 heavy (non-hydrogen) atoms. The minimum atomic E-state index is 0.130. The minimum Gasteiger partial charge on any atom is -0.507 e. The predicted molar refractivity (Wildman–Crippen MR) is 83.7 cm³/mol. The van der Waals surface area contributed by atoms with Crippen molar-refractivity contribution >= 4 is 12.0 Å². The van der Waals surface area contributed by atoms with Gasteiger partial charge in [0.25, 0.3) is 0 Å². The Morgan fingerprint density at radius 1 is 1.45 bits per heavy atom. The first kappa shape index (κ1) is 15.5. The van der Waals surface area contributed by atoms with Crippen molar-refractivity contribution in [2.45, 2.75) is 13.5 Å². The first-order valence-electron chi connectivity index (χ1n) is 6.62. The van der Waals surface area contributed by atoms with E-state index in [1.54, 1.807) is 37.4 Å². The second-order valence-corrected chi connectivity index (χ2v) is 4.62. The van der Waals surface area contributed by atoms with Crippen molar-refractivity contribution in [3.63, 3.8) is 0 Å². The van der Waals surface area contributed by atoms with Gasteiger partial charge in [0.2, 0.25) is 0 Å². The summed E-state index contributed by atoms with van der Waals surface area (Å²) in [4.78, 5) is 4.28. The van der Waals surface area contributed by atoms with Crippen LogP contribution >= 0.6 is 0 Å². The number of aromatic hydroxyl groups is 1. The number of nitrogens with zero attached hydrogens (tertiary/aromatic N) is 3. The molecule has 0 aliphatic rings. The zero-order valence-electron chi connectivity index (χ0n) is 12.4. The molecular formula is C16H16N4O2. The molecule has 6 nitrogen and oxygen atoms in total. The average molecular weight is 296 g/mol. The second kappa shape index (κ2) is 7.20. The van der Waals surface area contributed by atoms with Crippen molar-refractivity contribution in [2.75, 3.05) is 12.5 Å². The molecule has 0 radical (unpaired) electrons. The van der Waals surface area contributed by atoms with Crippen LogP contribution in [-0.4, -0.2) is 23.4 Å². The number of phenolic OH excluding ortho intramolecular Hbond substituents is 1. The molecule has 1 aromatic carbocycles. The van der Waals surface area contributed by atoms with Crippen molar-refractivity contribution in [1.82, 2.24) is 4.98 Å². The Morgan fingerprint density at radius 2 is 2.23 bits per heavy atom. The molecule has 0 bridgehead atoms. The Bertz CT molecular complexity index is 735. The molecule has 0 aliphatic heterocycles. The molecule has 0 saturated heterocycles. The Hall–Kier alpha value is -2.91. The maximum absolute atomic E-state index is 9.66. The highest BCUT2D eigenvalue weighted by molar-refractivity contribution is 5.83. The number of nitrogens with one attached hydrogen (secondary N) is 1. The third-order valence-electron chi connectivity index (χ3n) is 2.95. The van der Waals surface area contributed by atoms with Gasteiger partial charge in [0.05, 0.1) is 12.8 Å². The van der Waals surface area contributed by atoms with Crippen LogP contribution in [0.15, 0.2) is 35.4 Å². The summed E-state index contributed by atoms with van der Waals surface area (Å²) < 4.78 is 5.09. The largest absolute Gasteiger partial charge is 0.507 e. The summed E-state index contributed by atoms with van der Waals surface area (Å²) >= 11 is 0. The molecule has 0 atom stereocenters. The number of hydrogen-bond donors (Lipinski definition) is 2. The molecule has 0 saturated carbocycles. The van der Waals surface area contributed by atoms with Crippen LogP contribution in [0.1, 0.15) is 22.4 Å². The molecule has 2 rings (SSSR count). The van der Waals surface area contributed by atoms with Crippen LogP contribution in [-0.2, 0) is 11.3 Å². The number of phenols is 1. The van der Waals surface area contributed by atoms with Crippen LogP contribution in [0.3, 0.4) is 0 Å². The number of nitriles is 1. The molecule has 1 aromatic heterocycles. The van der Waals surface area contributed by atoms with Gasteiger partial charge >= 0.3 is 0 Å². The molecule has 2 N–H and O–H groups in total. The quantitative estimate of drug-likeness (QED) is 0.653. The monoisotopic (exact) mass is 296 g/mol. The van der Waals surface area contributed by atoms with Gasteiger partial charge in [0, 0.05) is 23.9 Å². The molecule has 112 valence electrons. The van der Waals surface area contributed by atoms with E-state index in [-0.39, 0.29) is 5.75 Å². The van der Waals surface area contributed by atoms with Crippen molar-refractivity contribution < 1.29 is 9.84 Å². The topological polar surface area (TPSA) is 90.5 Å². The number of methoxy groups -OCH3 is 1. The summed E-state index contributed by atoms with van der Waals surface area (Å²) in [7, 11) is 1.57. The van der Waals surface area contributed by atoms with Gasteiger partial charge in [-0.25, -0.2) is 4.98 Å². The number of anilines is 1. The number of aromatic nitrogens is 1. The van der Waals surface area contributed by atoms with Gasteiger partial charge in [-0.3, -0.25) is 5.43 Å². The zero-order chi connectivity index (χ0) is 15.9. The summed E-state index contributed by atoms with van der Waals surface area (Å²) in [6.07, 6.45) is 1.47. The molecule has 2 aromatic rings. The number of hydrazone groups is 1. The summed E-state index contributed by atoms with van der Waals surface area (Å²) in [5.74, 6) is 0.493. The van der Waals surface area contributed by atoms with Gasteiger partial charge in [-0.15, -0.1) is 0 Å². The molecule has 1 heterocycles. The van der Waals surface area contributed by atoms with Crippen molar-refractivity contribution in [3.05, 3.63) is 52.7 Å². The molecule has 0 fully saturated rings. The first-order valence-corrected chi connectivity index (χ1v) is 6.62. The third-order valence-corrected chi connectivity index (χ3v) is 2.95. The van der Waals surface area contributed by atoms with E-state index >= 15 is 0 Å². The van der Waals surface area contributed by atoms with Crippen LogP contribution in [0.2, 0.25) is 0 Å². The maximum atomic E-state index is 9.66. The molecule has 6 heteroatoms. The fraction of sp³-hybridized carbons (Fsp3) is 0.188. The number of pyridine rings is 1. The smallest absolute Gasteiger partial charge is 0.164 e. The minimum absolute atomic E-state index is 0.130.